The molecule has 8 bridgehead atoms. The van der Waals surface area contributed by atoms with E-state index in [0.29, 0.717) is 0 Å². The predicted molar refractivity (Wildman–Crippen MR) is 112 cm³/mol. The van der Waals surface area contributed by atoms with Crippen molar-refractivity contribution in [1.82, 2.24) is 0 Å². The first-order valence-corrected chi connectivity index (χ1v) is 10.2. The molecule has 4 aromatic rings. The van der Waals surface area contributed by atoms with Crippen molar-refractivity contribution < 1.29 is 0 Å². The summed E-state index contributed by atoms with van der Waals surface area (Å²) in [7, 11) is 0. The van der Waals surface area contributed by atoms with Crippen molar-refractivity contribution in [2.75, 3.05) is 0 Å². The fourth-order valence-corrected chi connectivity index (χ4v) is 4.77. The molecule has 14 rings (SSSR count). The Morgan fingerprint density at radius 1 is 0.269 bits per heavy atom. The van der Waals surface area contributed by atoms with Crippen LogP contribution in [-0.4, -0.2) is 0 Å². The van der Waals surface area contributed by atoms with E-state index in [4.69, 9.17) is 0 Å². The fourth-order valence-electron chi connectivity index (χ4n) is 3.13. The van der Waals surface area contributed by atoms with Crippen molar-refractivity contribution in [3.8, 4) is 22.3 Å². The Labute approximate surface area is 162 Å². The zero-order valence-electron chi connectivity index (χ0n) is 14.1. The smallest absolute Gasteiger partial charge is 0.0122 e. The lowest BCUT2D eigenvalue weighted by Crippen LogP contribution is -1.82. The monoisotopic (exact) mass is 368 g/mol. The van der Waals surface area contributed by atoms with Crippen molar-refractivity contribution in [1.29, 1.82) is 0 Å². The summed E-state index contributed by atoms with van der Waals surface area (Å²) < 4.78 is 0. The highest BCUT2D eigenvalue weighted by Gasteiger charge is 2.05. The molecule has 0 atom stereocenters. The van der Waals surface area contributed by atoms with Gasteiger partial charge in [-0.05, 0) is 70.8 Å². The van der Waals surface area contributed by atoms with Gasteiger partial charge in [0.15, 0.2) is 0 Å². The Kier molecular flexibility index (Phi) is 4.08. The van der Waals surface area contributed by atoms with E-state index >= 15 is 0 Å². The average Bonchev–Trinajstić information content (AvgIpc) is 2.70. The molecular weight excluding hydrogens is 352 g/mol. The fraction of sp³-hybridized carbons (Fsp3) is 0. The molecule has 124 valence electrons. The lowest BCUT2D eigenvalue weighted by Gasteiger charge is -2.09. The van der Waals surface area contributed by atoms with Crippen LogP contribution in [0.1, 0.15) is 0 Å². The molecular formula is C24H16S2. The van der Waals surface area contributed by atoms with Crippen molar-refractivity contribution in [3.05, 3.63) is 97.1 Å². The van der Waals surface area contributed by atoms with Gasteiger partial charge < -0.3 is 0 Å². The summed E-state index contributed by atoms with van der Waals surface area (Å²) in [6, 6.07) is 35.3. The molecule has 0 radical (unpaired) electrons. The van der Waals surface area contributed by atoms with Crippen LogP contribution in [0.3, 0.4) is 0 Å². The Morgan fingerprint density at radius 3 is 0.654 bits per heavy atom. The molecule has 0 saturated heterocycles. The van der Waals surface area contributed by atoms with Crippen molar-refractivity contribution in [2.45, 2.75) is 19.6 Å². The first kappa shape index (κ1) is 15.8. The quantitative estimate of drug-likeness (QED) is 0.275. The minimum atomic E-state index is 1.26. The SMILES string of the molecule is c1cc2ccc1Sc1ccc(cc1)-c1ccc(cc1)Sc1ccc-2cc1. The third-order valence-corrected chi connectivity index (χ3v) is 6.59. The third-order valence-electron chi connectivity index (χ3n) is 4.56. The summed E-state index contributed by atoms with van der Waals surface area (Å²) in [5, 5.41) is 0. The van der Waals surface area contributed by atoms with Gasteiger partial charge in [0.1, 0.15) is 0 Å². The van der Waals surface area contributed by atoms with Gasteiger partial charge in [0, 0.05) is 19.6 Å². The van der Waals surface area contributed by atoms with Crippen molar-refractivity contribution in [3.63, 3.8) is 0 Å². The molecule has 0 nitrogen and oxygen atoms in total. The van der Waals surface area contributed by atoms with Crippen molar-refractivity contribution >= 4 is 23.5 Å². The van der Waals surface area contributed by atoms with Gasteiger partial charge in [-0.3, -0.25) is 0 Å². The second kappa shape index (κ2) is 6.71. The van der Waals surface area contributed by atoms with Crippen LogP contribution in [0, 0.1) is 0 Å². The van der Waals surface area contributed by atoms with E-state index in [2.05, 4.69) is 97.1 Å². The molecule has 2 heteroatoms. The molecule has 0 aromatic heterocycles. The number of hydrogen-bond acceptors (Lipinski definition) is 2. The molecule has 0 spiro atoms. The maximum absolute atomic E-state index is 2.21. The van der Waals surface area contributed by atoms with Gasteiger partial charge in [0.25, 0.3) is 0 Å². The number of hydrogen-bond donors (Lipinski definition) is 0. The standard InChI is InChI=1S/C24H16S2/c1-9-21-10-2-17(1)18-3-11-23(12-4-18)26-24-15-7-20(8-16-24)19-5-13-22(25-21)14-6-19/h1-16H. The summed E-state index contributed by atoms with van der Waals surface area (Å²) in [6.45, 7) is 0. The number of benzene rings is 4. The van der Waals surface area contributed by atoms with E-state index < -0.39 is 0 Å². The molecule has 10 heterocycles. The highest BCUT2D eigenvalue weighted by Crippen LogP contribution is 2.34. The molecule has 0 N–H and O–H groups in total. The Bertz CT molecular complexity index is 853. The molecule has 10 aliphatic rings. The van der Waals surface area contributed by atoms with Crippen LogP contribution in [0.4, 0.5) is 0 Å². The molecule has 4 aromatic carbocycles. The third kappa shape index (κ3) is 3.18. The Hall–Kier alpha value is -2.42. The van der Waals surface area contributed by atoms with Gasteiger partial charge in [0.2, 0.25) is 0 Å². The second-order valence-electron chi connectivity index (χ2n) is 6.30. The molecule has 0 aliphatic carbocycles. The van der Waals surface area contributed by atoms with Gasteiger partial charge in [-0.25, -0.2) is 0 Å². The minimum absolute atomic E-state index is 1.26. The van der Waals surface area contributed by atoms with E-state index in [-0.39, 0.29) is 0 Å². The van der Waals surface area contributed by atoms with Crippen LogP contribution in [0.15, 0.2) is 117 Å². The van der Waals surface area contributed by atoms with Gasteiger partial charge in [0.05, 0.1) is 0 Å². The lowest BCUT2D eigenvalue weighted by molar-refractivity contribution is 1.38. The second-order valence-corrected chi connectivity index (χ2v) is 8.60. The van der Waals surface area contributed by atoms with Crippen molar-refractivity contribution in [2.24, 2.45) is 0 Å². The van der Waals surface area contributed by atoms with Gasteiger partial charge >= 0.3 is 0 Å². The zero-order valence-corrected chi connectivity index (χ0v) is 15.7. The molecule has 0 fully saturated rings. The van der Waals surface area contributed by atoms with Gasteiger partial charge in [-0.1, -0.05) is 72.1 Å². The predicted octanol–water partition coefficient (Wildman–Crippen LogP) is 7.64. The van der Waals surface area contributed by atoms with E-state index in [0.717, 1.165) is 0 Å². The summed E-state index contributed by atoms with van der Waals surface area (Å²) >= 11 is 3.61. The summed E-state index contributed by atoms with van der Waals surface area (Å²) in [5.41, 5.74) is 5.02. The van der Waals surface area contributed by atoms with Crippen LogP contribution in [-0.2, 0) is 0 Å². The van der Waals surface area contributed by atoms with E-state index in [9.17, 15) is 0 Å². The Morgan fingerprint density at radius 2 is 0.462 bits per heavy atom. The highest BCUT2D eigenvalue weighted by molar-refractivity contribution is 7.99. The van der Waals surface area contributed by atoms with E-state index in [1.165, 1.54) is 41.8 Å². The maximum atomic E-state index is 2.21. The van der Waals surface area contributed by atoms with E-state index in [1.54, 1.807) is 23.5 Å². The summed E-state index contributed by atoms with van der Waals surface area (Å²) in [5.74, 6) is 0. The van der Waals surface area contributed by atoms with Crippen LogP contribution in [0.2, 0.25) is 0 Å². The molecule has 10 aliphatic heterocycles. The molecule has 0 amide bonds. The van der Waals surface area contributed by atoms with E-state index in [1.807, 2.05) is 0 Å². The summed E-state index contributed by atoms with van der Waals surface area (Å²) in [4.78, 5) is 5.05. The zero-order chi connectivity index (χ0) is 17.3. The molecule has 0 unspecified atom stereocenters. The van der Waals surface area contributed by atoms with Crippen LogP contribution < -0.4 is 0 Å². The van der Waals surface area contributed by atoms with Crippen LogP contribution in [0.5, 0.6) is 0 Å². The van der Waals surface area contributed by atoms with Crippen LogP contribution in [0.25, 0.3) is 22.3 Å². The normalized spacial score (nSPS) is 12.3. The summed E-state index contributed by atoms with van der Waals surface area (Å²) in [6.07, 6.45) is 0. The first-order chi connectivity index (χ1) is 12.8. The molecule has 0 saturated carbocycles. The maximum Gasteiger partial charge on any atom is 0.0122 e. The highest BCUT2D eigenvalue weighted by atomic mass is 32.2. The van der Waals surface area contributed by atoms with Crippen LogP contribution >= 0.6 is 23.5 Å². The topological polar surface area (TPSA) is 0 Å². The average molecular weight is 369 g/mol. The number of rotatable bonds is 0. The Balaban J connectivity index is 1.62. The first-order valence-electron chi connectivity index (χ1n) is 8.60. The van der Waals surface area contributed by atoms with Gasteiger partial charge in [-0.15, -0.1) is 0 Å². The molecule has 26 heavy (non-hydrogen) atoms. The van der Waals surface area contributed by atoms with Gasteiger partial charge in [-0.2, -0.15) is 0 Å². The lowest BCUT2D eigenvalue weighted by atomic mass is 10.1. The minimum Gasteiger partial charge on any atom is -0.0901 e. The largest absolute Gasteiger partial charge is 0.0901 e.